The topological polar surface area (TPSA) is 73.8 Å². The van der Waals surface area contributed by atoms with Crippen molar-refractivity contribution in [2.24, 2.45) is 0 Å². The maximum absolute atomic E-state index is 12.1. The first-order chi connectivity index (χ1) is 9.13. The average Bonchev–Trinajstić information content (AvgIpc) is 2.84. The van der Waals surface area contributed by atoms with Gasteiger partial charge in [0.2, 0.25) is 0 Å². The van der Waals surface area contributed by atoms with Crippen LogP contribution in [0.4, 0.5) is 10.5 Å². The lowest BCUT2D eigenvalue weighted by Gasteiger charge is -2.26. The van der Waals surface area contributed by atoms with Crippen LogP contribution in [0.1, 0.15) is 0 Å². The first-order valence-electron chi connectivity index (χ1n) is 6.19. The average molecular weight is 265 g/mol. The third kappa shape index (κ3) is 2.97. The molecule has 19 heavy (non-hydrogen) atoms. The van der Waals surface area contributed by atoms with Crippen molar-refractivity contribution in [3.63, 3.8) is 0 Å². The number of para-hydroxylation sites is 2. The van der Waals surface area contributed by atoms with Crippen LogP contribution in [0.2, 0.25) is 0 Å². The van der Waals surface area contributed by atoms with Gasteiger partial charge < -0.3 is 25.4 Å². The number of hydrogen-bond donors (Lipinski definition) is 3. The molecule has 3 N–H and O–H groups in total. The molecular formula is C13H19N3O3. The summed E-state index contributed by atoms with van der Waals surface area (Å²) in [6, 6.07) is 6.73. The SMILES string of the molecule is COc1ccccc1NC(=O)N(C)[C@@H]1CNC[C@H]1O. The number of β-amino-alcohol motifs (C(OH)–C–C–N with tert-alkyl or cyclic N) is 1. The van der Waals surface area contributed by atoms with Crippen molar-refractivity contribution in [3.05, 3.63) is 24.3 Å². The molecule has 104 valence electrons. The molecule has 0 bridgehead atoms. The summed E-state index contributed by atoms with van der Waals surface area (Å²) in [7, 11) is 3.23. The highest BCUT2D eigenvalue weighted by atomic mass is 16.5. The molecule has 0 aliphatic carbocycles. The summed E-state index contributed by atoms with van der Waals surface area (Å²) in [5.74, 6) is 0.606. The van der Waals surface area contributed by atoms with Crippen molar-refractivity contribution in [1.29, 1.82) is 0 Å². The Bertz CT molecular complexity index is 453. The van der Waals surface area contributed by atoms with Crippen LogP contribution >= 0.6 is 0 Å². The number of likely N-dealkylation sites (N-methyl/N-ethyl adjacent to an activating group) is 1. The first-order valence-corrected chi connectivity index (χ1v) is 6.19. The van der Waals surface area contributed by atoms with E-state index >= 15 is 0 Å². The second kappa shape index (κ2) is 5.90. The van der Waals surface area contributed by atoms with E-state index in [1.807, 2.05) is 12.1 Å². The highest BCUT2D eigenvalue weighted by Crippen LogP contribution is 2.23. The zero-order valence-electron chi connectivity index (χ0n) is 11.1. The van der Waals surface area contributed by atoms with Crippen molar-refractivity contribution in [2.45, 2.75) is 12.1 Å². The summed E-state index contributed by atoms with van der Waals surface area (Å²) >= 11 is 0. The summed E-state index contributed by atoms with van der Waals surface area (Å²) in [4.78, 5) is 13.6. The summed E-state index contributed by atoms with van der Waals surface area (Å²) < 4.78 is 5.18. The number of ether oxygens (including phenoxy) is 1. The molecule has 1 aromatic carbocycles. The third-order valence-corrected chi connectivity index (χ3v) is 3.32. The van der Waals surface area contributed by atoms with E-state index in [2.05, 4.69) is 10.6 Å². The number of carbonyl (C=O) groups is 1. The van der Waals surface area contributed by atoms with Crippen molar-refractivity contribution >= 4 is 11.7 Å². The van der Waals surface area contributed by atoms with Gasteiger partial charge in [-0.2, -0.15) is 0 Å². The lowest BCUT2D eigenvalue weighted by molar-refractivity contribution is 0.115. The maximum Gasteiger partial charge on any atom is 0.322 e. The number of nitrogens with zero attached hydrogens (tertiary/aromatic N) is 1. The molecule has 0 saturated carbocycles. The van der Waals surface area contributed by atoms with E-state index in [4.69, 9.17) is 4.74 Å². The number of aliphatic hydroxyl groups is 1. The summed E-state index contributed by atoms with van der Waals surface area (Å²) in [5, 5.41) is 15.6. The molecule has 1 fully saturated rings. The fourth-order valence-electron chi connectivity index (χ4n) is 2.15. The van der Waals surface area contributed by atoms with Crippen LogP contribution in [0, 0.1) is 0 Å². The van der Waals surface area contributed by atoms with Gasteiger partial charge in [0.1, 0.15) is 5.75 Å². The Hall–Kier alpha value is -1.79. The van der Waals surface area contributed by atoms with Gasteiger partial charge in [-0.15, -0.1) is 0 Å². The third-order valence-electron chi connectivity index (χ3n) is 3.32. The molecule has 1 aliphatic rings. The van der Waals surface area contributed by atoms with Gasteiger partial charge in [0.05, 0.1) is 24.9 Å². The van der Waals surface area contributed by atoms with Crippen molar-refractivity contribution in [2.75, 3.05) is 32.6 Å². The summed E-state index contributed by atoms with van der Waals surface area (Å²) in [5.41, 5.74) is 0.613. The molecule has 1 aromatic rings. The van der Waals surface area contributed by atoms with Crippen molar-refractivity contribution in [1.82, 2.24) is 10.2 Å². The number of aliphatic hydroxyl groups excluding tert-OH is 1. The minimum Gasteiger partial charge on any atom is -0.495 e. The second-order valence-corrected chi connectivity index (χ2v) is 4.53. The predicted octanol–water partition coefficient (Wildman–Crippen LogP) is 0.492. The molecule has 0 radical (unpaired) electrons. The Morgan fingerprint density at radius 1 is 1.47 bits per heavy atom. The van der Waals surface area contributed by atoms with Crippen molar-refractivity contribution < 1.29 is 14.6 Å². The lowest BCUT2D eigenvalue weighted by atomic mass is 10.2. The number of anilines is 1. The van der Waals surface area contributed by atoms with E-state index in [-0.39, 0.29) is 12.1 Å². The van der Waals surface area contributed by atoms with Gasteiger partial charge in [0, 0.05) is 20.1 Å². The number of carbonyl (C=O) groups excluding carboxylic acids is 1. The van der Waals surface area contributed by atoms with Crippen LogP contribution in [-0.4, -0.2) is 55.4 Å². The fourth-order valence-corrected chi connectivity index (χ4v) is 2.15. The molecule has 0 spiro atoms. The first kappa shape index (κ1) is 13.6. The summed E-state index contributed by atoms with van der Waals surface area (Å²) in [6.45, 7) is 1.11. The van der Waals surface area contributed by atoms with Gasteiger partial charge in [-0.25, -0.2) is 4.79 Å². The normalized spacial score (nSPS) is 22.1. The molecule has 0 aromatic heterocycles. The zero-order chi connectivity index (χ0) is 13.8. The Kier molecular flexibility index (Phi) is 4.24. The Balaban J connectivity index is 2.04. The van der Waals surface area contributed by atoms with E-state index < -0.39 is 6.10 Å². The maximum atomic E-state index is 12.1. The van der Waals surface area contributed by atoms with E-state index in [1.54, 1.807) is 26.3 Å². The molecular weight excluding hydrogens is 246 g/mol. The van der Waals surface area contributed by atoms with Gasteiger partial charge in [0.15, 0.2) is 0 Å². The number of amides is 2. The van der Waals surface area contributed by atoms with Gasteiger partial charge in [-0.3, -0.25) is 0 Å². The van der Waals surface area contributed by atoms with E-state index in [9.17, 15) is 9.90 Å². The number of hydrogen-bond acceptors (Lipinski definition) is 4. The van der Waals surface area contributed by atoms with E-state index in [1.165, 1.54) is 4.90 Å². The van der Waals surface area contributed by atoms with E-state index in [0.717, 1.165) is 0 Å². The zero-order valence-corrected chi connectivity index (χ0v) is 11.1. The van der Waals surface area contributed by atoms with Crippen LogP contribution in [0.15, 0.2) is 24.3 Å². The van der Waals surface area contributed by atoms with Gasteiger partial charge in [-0.05, 0) is 12.1 Å². The van der Waals surface area contributed by atoms with Crippen molar-refractivity contribution in [3.8, 4) is 5.75 Å². The quantitative estimate of drug-likeness (QED) is 0.743. The monoisotopic (exact) mass is 265 g/mol. The fraction of sp³-hybridized carbons (Fsp3) is 0.462. The lowest BCUT2D eigenvalue weighted by Crippen LogP contribution is -2.46. The second-order valence-electron chi connectivity index (χ2n) is 4.53. The number of nitrogens with one attached hydrogen (secondary N) is 2. The van der Waals surface area contributed by atoms with Crippen LogP contribution in [-0.2, 0) is 0 Å². The van der Waals surface area contributed by atoms with Gasteiger partial charge in [-0.1, -0.05) is 12.1 Å². The Morgan fingerprint density at radius 2 is 2.21 bits per heavy atom. The highest BCUT2D eigenvalue weighted by Gasteiger charge is 2.31. The number of methoxy groups -OCH3 is 1. The Labute approximate surface area is 112 Å². The molecule has 2 atom stereocenters. The predicted molar refractivity (Wildman–Crippen MR) is 72.4 cm³/mol. The minimum atomic E-state index is -0.534. The standard InChI is InChI=1S/C13H19N3O3/c1-16(10-7-14-8-11(10)17)13(18)15-9-5-3-4-6-12(9)19-2/h3-6,10-11,14,17H,7-8H2,1-2H3,(H,15,18)/t10-,11-/m1/s1. The molecule has 0 unspecified atom stereocenters. The number of benzene rings is 1. The molecule has 1 aliphatic heterocycles. The van der Waals surface area contributed by atoms with Gasteiger partial charge in [0.25, 0.3) is 0 Å². The molecule has 6 nitrogen and oxygen atoms in total. The highest BCUT2D eigenvalue weighted by molar-refractivity contribution is 5.91. The van der Waals surface area contributed by atoms with E-state index in [0.29, 0.717) is 24.5 Å². The smallest absolute Gasteiger partial charge is 0.322 e. The molecule has 1 saturated heterocycles. The van der Waals surface area contributed by atoms with Crippen LogP contribution in [0.5, 0.6) is 5.75 Å². The number of urea groups is 1. The summed E-state index contributed by atoms with van der Waals surface area (Å²) in [6.07, 6.45) is -0.534. The molecule has 6 heteroatoms. The Morgan fingerprint density at radius 3 is 2.84 bits per heavy atom. The van der Waals surface area contributed by atoms with Gasteiger partial charge >= 0.3 is 6.03 Å². The largest absolute Gasteiger partial charge is 0.495 e. The number of rotatable bonds is 3. The molecule has 2 rings (SSSR count). The van der Waals surface area contributed by atoms with Crippen LogP contribution in [0.3, 0.4) is 0 Å². The molecule has 1 heterocycles. The van der Waals surface area contributed by atoms with Crippen LogP contribution < -0.4 is 15.4 Å². The van der Waals surface area contributed by atoms with Crippen LogP contribution in [0.25, 0.3) is 0 Å². The molecule has 2 amide bonds. The minimum absolute atomic E-state index is 0.213.